The van der Waals surface area contributed by atoms with Gasteiger partial charge in [-0.15, -0.1) is 0 Å². The summed E-state index contributed by atoms with van der Waals surface area (Å²) in [6.45, 7) is 3.39. The number of rotatable bonds is 6. The Balaban J connectivity index is 1.73. The summed E-state index contributed by atoms with van der Waals surface area (Å²) in [4.78, 5) is 17.9. The summed E-state index contributed by atoms with van der Waals surface area (Å²) in [6, 6.07) is 2.71. The smallest absolute Gasteiger partial charge is 0.182 e. The number of halogens is 1. The van der Waals surface area contributed by atoms with Crippen molar-refractivity contribution < 1.29 is 13.9 Å². The third kappa shape index (κ3) is 4.65. The standard InChI is InChI=1S/C15H21FN2O2/c1-18(11-12-5-8-20-9-6-12)7-4-15(19)14-3-2-13(16)10-17-14/h2-3,10,12H,4-9,11H2,1H3. The third-order valence-electron chi connectivity index (χ3n) is 3.64. The SMILES string of the molecule is CN(CCC(=O)c1ccc(F)cn1)CC1CCOCC1. The van der Waals surface area contributed by atoms with Crippen molar-refractivity contribution in [2.75, 3.05) is 33.4 Å². The van der Waals surface area contributed by atoms with Crippen molar-refractivity contribution in [1.29, 1.82) is 0 Å². The second-order valence-corrected chi connectivity index (χ2v) is 5.35. The lowest BCUT2D eigenvalue weighted by molar-refractivity contribution is 0.0552. The van der Waals surface area contributed by atoms with Gasteiger partial charge in [0, 0.05) is 32.7 Å². The summed E-state index contributed by atoms with van der Waals surface area (Å²) in [5.74, 6) is 0.204. The summed E-state index contributed by atoms with van der Waals surface area (Å²) in [5.41, 5.74) is 0.339. The molecular formula is C15H21FN2O2. The van der Waals surface area contributed by atoms with Crippen molar-refractivity contribution in [2.24, 2.45) is 5.92 Å². The number of ketones is 1. The molecule has 0 bridgehead atoms. The van der Waals surface area contributed by atoms with Gasteiger partial charge in [0.05, 0.1) is 6.20 Å². The Hall–Kier alpha value is -1.33. The van der Waals surface area contributed by atoms with Crippen LogP contribution in [0.25, 0.3) is 0 Å². The molecule has 0 aliphatic carbocycles. The maximum Gasteiger partial charge on any atom is 0.182 e. The van der Waals surface area contributed by atoms with Crippen LogP contribution in [0.5, 0.6) is 0 Å². The Morgan fingerprint density at radius 2 is 2.20 bits per heavy atom. The van der Waals surface area contributed by atoms with Gasteiger partial charge < -0.3 is 9.64 Å². The first-order valence-corrected chi connectivity index (χ1v) is 7.06. The molecule has 20 heavy (non-hydrogen) atoms. The van der Waals surface area contributed by atoms with Gasteiger partial charge in [0.25, 0.3) is 0 Å². The second kappa shape index (κ2) is 7.45. The molecule has 1 aliphatic heterocycles. The molecule has 2 rings (SSSR count). The molecule has 5 heteroatoms. The second-order valence-electron chi connectivity index (χ2n) is 5.35. The third-order valence-corrected chi connectivity index (χ3v) is 3.64. The lowest BCUT2D eigenvalue weighted by Crippen LogP contribution is -2.31. The average Bonchev–Trinajstić information content (AvgIpc) is 2.46. The fourth-order valence-electron chi connectivity index (χ4n) is 2.42. The monoisotopic (exact) mass is 280 g/mol. The Bertz CT molecular complexity index is 430. The van der Waals surface area contributed by atoms with Crippen LogP contribution in [0.15, 0.2) is 18.3 Å². The quantitative estimate of drug-likeness (QED) is 0.749. The van der Waals surface area contributed by atoms with Crippen LogP contribution in [0.3, 0.4) is 0 Å². The maximum atomic E-state index is 12.7. The van der Waals surface area contributed by atoms with E-state index in [9.17, 15) is 9.18 Å². The molecule has 0 spiro atoms. The molecule has 0 unspecified atom stereocenters. The molecule has 0 N–H and O–H groups in total. The van der Waals surface area contributed by atoms with Crippen LogP contribution in [0, 0.1) is 11.7 Å². The number of ether oxygens (including phenoxy) is 1. The van der Waals surface area contributed by atoms with E-state index in [0.717, 1.165) is 38.8 Å². The van der Waals surface area contributed by atoms with Gasteiger partial charge in [-0.25, -0.2) is 4.39 Å². The number of aromatic nitrogens is 1. The molecular weight excluding hydrogens is 259 g/mol. The van der Waals surface area contributed by atoms with Crippen LogP contribution in [0.2, 0.25) is 0 Å². The summed E-state index contributed by atoms with van der Waals surface area (Å²) in [7, 11) is 2.03. The fourth-order valence-corrected chi connectivity index (χ4v) is 2.42. The van der Waals surface area contributed by atoms with Crippen molar-refractivity contribution in [3.05, 3.63) is 29.8 Å². The van der Waals surface area contributed by atoms with Crippen LogP contribution in [0.1, 0.15) is 29.8 Å². The maximum absolute atomic E-state index is 12.7. The highest BCUT2D eigenvalue weighted by Crippen LogP contribution is 2.15. The molecule has 1 aromatic heterocycles. The Morgan fingerprint density at radius 1 is 1.45 bits per heavy atom. The van der Waals surface area contributed by atoms with Gasteiger partial charge in [0.2, 0.25) is 0 Å². The first kappa shape index (κ1) is 15.1. The normalized spacial score (nSPS) is 16.6. The molecule has 0 radical (unpaired) electrons. The van der Waals surface area contributed by atoms with Crippen molar-refractivity contribution >= 4 is 5.78 Å². The van der Waals surface area contributed by atoms with Crippen LogP contribution < -0.4 is 0 Å². The van der Waals surface area contributed by atoms with Gasteiger partial charge >= 0.3 is 0 Å². The van der Waals surface area contributed by atoms with Crippen LogP contribution >= 0.6 is 0 Å². The highest BCUT2D eigenvalue weighted by Gasteiger charge is 2.16. The number of hydrogen-bond donors (Lipinski definition) is 0. The Morgan fingerprint density at radius 3 is 2.85 bits per heavy atom. The predicted octanol–water partition coefficient (Wildman–Crippen LogP) is 2.15. The summed E-state index contributed by atoms with van der Waals surface area (Å²) >= 11 is 0. The van der Waals surface area contributed by atoms with E-state index in [1.807, 2.05) is 7.05 Å². The zero-order valence-electron chi connectivity index (χ0n) is 11.8. The minimum absolute atomic E-state index is 0.0381. The van der Waals surface area contributed by atoms with Gasteiger partial charge in [0.1, 0.15) is 11.5 Å². The topological polar surface area (TPSA) is 42.4 Å². The fraction of sp³-hybridized carbons (Fsp3) is 0.600. The highest BCUT2D eigenvalue weighted by molar-refractivity contribution is 5.94. The van der Waals surface area contributed by atoms with Gasteiger partial charge in [-0.05, 0) is 37.9 Å². The van der Waals surface area contributed by atoms with E-state index in [1.165, 1.54) is 12.1 Å². The van der Waals surface area contributed by atoms with Crippen LogP contribution in [-0.4, -0.2) is 49.0 Å². The van der Waals surface area contributed by atoms with Crippen molar-refractivity contribution in [2.45, 2.75) is 19.3 Å². The molecule has 0 saturated carbocycles. The van der Waals surface area contributed by atoms with E-state index in [1.54, 1.807) is 0 Å². The lowest BCUT2D eigenvalue weighted by atomic mass is 10.00. The predicted molar refractivity (Wildman–Crippen MR) is 74.2 cm³/mol. The van der Waals surface area contributed by atoms with Crippen LogP contribution in [0.4, 0.5) is 4.39 Å². The summed E-state index contributed by atoms with van der Waals surface area (Å²) in [5, 5.41) is 0. The van der Waals surface area contributed by atoms with Crippen molar-refractivity contribution in [3.8, 4) is 0 Å². The Labute approximate surface area is 118 Å². The van der Waals surface area contributed by atoms with E-state index >= 15 is 0 Å². The van der Waals surface area contributed by atoms with Gasteiger partial charge in [0.15, 0.2) is 5.78 Å². The van der Waals surface area contributed by atoms with E-state index < -0.39 is 5.82 Å². The lowest BCUT2D eigenvalue weighted by Gasteiger charge is -2.26. The van der Waals surface area contributed by atoms with E-state index in [2.05, 4.69) is 9.88 Å². The molecule has 2 heterocycles. The van der Waals surface area contributed by atoms with Crippen molar-refractivity contribution in [3.63, 3.8) is 0 Å². The highest BCUT2D eigenvalue weighted by atomic mass is 19.1. The molecule has 0 aromatic carbocycles. The number of carbonyl (C=O) groups excluding carboxylic acids is 1. The molecule has 1 aromatic rings. The number of hydrogen-bond acceptors (Lipinski definition) is 4. The summed E-state index contributed by atoms with van der Waals surface area (Å²) < 4.78 is 18.1. The number of nitrogens with zero attached hydrogens (tertiary/aromatic N) is 2. The van der Waals surface area contributed by atoms with Gasteiger partial charge in [-0.1, -0.05) is 0 Å². The van der Waals surface area contributed by atoms with E-state index in [-0.39, 0.29) is 5.78 Å². The average molecular weight is 280 g/mol. The Kier molecular flexibility index (Phi) is 5.61. The van der Waals surface area contributed by atoms with Crippen LogP contribution in [-0.2, 0) is 4.74 Å². The first-order chi connectivity index (χ1) is 9.65. The molecule has 110 valence electrons. The van der Waals surface area contributed by atoms with Gasteiger partial charge in [-0.3, -0.25) is 9.78 Å². The van der Waals surface area contributed by atoms with E-state index in [0.29, 0.717) is 24.6 Å². The molecule has 0 amide bonds. The number of pyridine rings is 1. The number of carbonyl (C=O) groups is 1. The largest absolute Gasteiger partial charge is 0.381 e. The molecule has 1 aliphatic rings. The first-order valence-electron chi connectivity index (χ1n) is 7.06. The van der Waals surface area contributed by atoms with Crippen molar-refractivity contribution in [1.82, 2.24) is 9.88 Å². The van der Waals surface area contributed by atoms with Gasteiger partial charge in [-0.2, -0.15) is 0 Å². The minimum atomic E-state index is -0.418. The van der Waals surface area contributed by atoms with E-state index in [4.69, 9.17) is 4.74 Å². The summed E-state index contributed by atoms with van der Waals surface area (Å²) in [6.07, 6.45) is 3.69. The minimum Gasteiger partial charge on any atom is -0.381 e. The zero-order valence-corrected chi connectivity index (χ0v) is 11.8. The molecule has 1 saturated heterocycles. The number of Topliss-reactive ketones (excluding diaryl/α,β-unsaturated/α-hetero) is 1. The molecule has 0 atom stereocenters. The molecule has 4 nitrogen and oxygen atoms in total. The molecule has 1 fully saturated rings. The zero-order chi connectivity index (χ0) is 14.4.